The van der Waals surface area contributed by atoms with Gasteiger partial charge < -0.3 is 14.5 Å². The van der Waals surface area contributed by atoms with Crippen LogP contribution in [0.4, 0.5) is 10.1 Å². The van der Waals surface area contributed by atoms with Crippen molar-refractivity contribution in [2.75, 3.05) is 5.32 Å². The summed E-state index contributed by atoms with van der Waals surface area (Å²) in [6.07, 6.45) is 1.42. The first kappa shape index (κ1) is 14.8. The van der Waals surface area contributed by atoms with Crippen LogP contribution < -0.4 is 10.1 Å². The minimum absolute atomic E-state index is 0.144. The van der Waals surface area contributed by atoms with Crippen LogP contribution in [0.25, 0.3) is 0 Å². The molecule has 23 heavy (non-hydrogen) atoms. The molecular weight excluding hydrogens is 297 g/mol. The Kier molecular flexibility index (Phi) is 4.38. The normalized spacial score (nSPS) is 10.3. The lowest BCUT2D eigenvalue weighted by atomic mass is 10.2. The molecule has 0 bridgehead atoms. The van der Waals surface area contributed by atoms with Crippen molar-refractivity contribution in [3.63, 3.8) is 0 Å². The standard InChI is InChI=1S/C18H14FNO3/c19-14-5-4-6-15(11-14)20-18(21)17-13(9-10-22-17)12-23-16-7-2-1-3-8-16/h1-11H,12H2,(H,20,21). The Labute approximate surface area is 132 Å². The SMILES string of the molecule is O=C(Nc1cccc(F)c1)c1occc1COc1ccccc1. The molecule has 4 nitrogen and oxygen atoms in total. The highest BCUT2D eigenvalue weighted by Crippen LogP contribution is 2.18. The predicted octanol–water partition coefficient (Wildman–Crippen LogP) is 4.25. The summed E-state index contributed by atoms with van der Waals surface area (Å²) in [5, 5.41) is 2.60. The van der Waals surface area contributed by atoms with Gasteiger partial charge in [-0.1, -0.05) is 24.3 Å². The third-order valence-electron chi connectivity index (χ3n) is 3.17. The Hall–Kier alpha value is -3.08. The van der Waals surface area contributed by atoms with E-state index in [9.17, 15) is 9.18 Å². The number of rotatable bonds is 5. The molecule has 1 heterocycles. The molecule has 3 rings (SSSR count). The largest absolute Gasteiger partial charge is 0.489 e. The Morgan fingerprint density at radius 2 is 1.91 bits per heavy atom. The van der Waals surface area contributed by atoms with Crippen molar-refractivity contribution in [3.05, 3.63) is 84.1 Å². The molecule has 0 unspecified atom stereocenters. The zero-order valence-corrected chi connectivity index (χ0v) is 12.2. The number of carbonyl (C=O) groups excluding carboxylic acids is 1. The number of hydrogen-bond donors (Lipinski definition) is 1. The van der Waals surface area contributed by atoms with Gasteiger partial charge in [0, 0.05) is 11.3 Å². The van der Waals surface area contributed by atoms with Crippen molar-refractivity contribution in [1.29, 1.82) is 0 Å². The van der Waals surface area contributed by atoms with E-state index in [1.165, 1.54) is 24.5 Å². The molecule has 5 heteroatoms. The van der Waals surface area contributed by atoms with Crippen molar-refractivity contribution in [2.24, 2.45) is 0 Å². The molecule has 0 radical (unpaired) electrons. The molecule has 0 spiro atoms. The molecule has 0 aliphatic carbocycles. The minimum atomic E-state index is -0.452. The van der Waals surface area contributed by atoms with E-state index in [-0.39, 0.29) is 12.4 Å². The van der Waals surface area contributed by atoms with E-state index in [0.717, 1.165) is 0 Å². The number of furan rings is 1. The van der Waals surface area contributed by atoms with E-state index in [4.69, 9.17) is 9.15 Å². The fourth-order valence-corrected chi connectivity index (χ4v) is 2.08. The van der Waals surface area contributed by atoms with Crippen LogP contribution in [0.15, 0.2) is 71.3 Å². The third-order valence-corrected chi connectivity index (χ3v) is 3.17. The second-order valence-corrected chi connectivity index (χ2v) is 4.84. The van der Waals surface area contributed by atoms with E-state index in [0.29, 0.717) is 17.0 Å². The zero-order valence-electron chi connectivity index (χ0n) is 12.2. The number of amides is 1. The summed E-state index contributed by atoms with van der Waals surface area (Å²) in [4.78, 5) is 12.2. The van der Waals surface area contributed by atoms with Gasteiger partial charge in [-0.05, 0) is 36.4 Å². The van der Waals surface area contributed by atoms with Gasteiger partial charge in [0.25, 0.3) is 5.91 Å². The lowest BCUT2D eigenvalue weighted by molar-refractivity contribution is 0.0993. The molecular formula is C18H14FNO3. The van der Waals surface area contributed by atoms with Crippen LogP contribution in [0.5, 0.6) is 5.75 Å². The van der Waals surface area contributed by atoms with Crippen LogP contribution in [0.3, 0.4) is 0 Å². The van der Waals surface area contributed by atoms with Crippen LogP contribution in [0.2, 0.25) is 0 Å². The number of carbonyl (C=O) groups is 1. The number of anilines is 1. The highest BCUT2D eigenvalue weighted by molar-refractivity contribution is 6.03. The summed E-state index contributed by atoms with van der Waals surface area (Å²) in [5.41, 5.74) is 0.976. The van der Waals surface area contributed by atoms with E-state index in [2.05, 4.69) is 5.32 Å². The fourth-order valence-electron chi connectivity index (χ4n) is 2.08. The highest BCUT2D eigenvalue weighted by Gasteiger charge is 2.16. The van der Waals surface area contributed by atoms with Gasteiger partial charge in [0.2, 0.25) is 0 Å². The van der Waals surface area contributed by atoms with Gasteiger partial charge in [-0.25, -0.2) is 4.39 Å². The molecule has 116 valence electrons. The second-order valence-electron chi connectivity index (χ2n) is 4.84. The van der Waals surface area contributed by atoms with Crippen LogP contribution in [0.1, 0.15) is 16.1 Å². The van der Waals surface area contributed by atoms with Crippen LogP contribution in [-0.4, -0.2) is 5.91 Å². The molecule has 0 saturated heterocycles. The molecule has 0 atom stereocenters. The van der Waals surface area contributed by atoms with Crippen molar-refractivity contribution in [2.45, 2.75) is 6.61 Å². The average molecular weight is 311 g/mol. The summed E-state index contributed by atoms with van der Waals surface area (Å²) in [7, 11) is 0. The molecule has 2 aromatic carbocycles. The van der Waals surface area contributed by atoms with Gasteiger partial charge >= 0.3 is 0 Å². The maximum Gasteiger partial charge on any atom is 0.291 e. The summed E-state index contributed by atoms with van der Waals surface area (Å²) in [6.45, 7) is 0.201. The number of ether oxygens (including phenoxy) is 1. The van der Waals surface area contributed by atoms with Gasteiger partial charge in [0.15, 0.2) is 5.76 Å². The highest BCUT2D eigenvalue weighted by atomic mass is 19.1. The van der Waals surface area contributed by atoms with Crippen molar-refractivity contribution in [1.82, 2.24) is 0 Å². The Morgan fingerprint density at radius 3 is 2.70 bits per heavy atom. The first-order chi connectivity index (χ1) is 11.2. The monoisotopic (exact) mass is 311 g/mol. The van der Waals surface area contributed by atoms with E-state index in [1.807, 2.05) is 30.3 Å². The van der Waals surface area contributed by atoms with Gasteiger partial charge in [0.1, 0.15) is 18.2 Å². The average Bonchev–Trinajstić information content (AvgIpc) is 3.02. The topological polar surface area (TPSA) is 51.5 Å². The lowest BCUT2D eigenvalue weighted by Crippen LogP contribution is -2.13. The first-order valence-electron chi connectivity index (χ1n) is 7.03. The fraction of sp³-hybridized carbons (Fsp3) is 0.0556. The predicted molar refractivity (Wildman–Crippen MR) is 83.8 cm³/mol. The number of nitrogens with one attached hydrogen (secondary N) is 1. The molecule has 0 aliphatic heterocycles. The molecule has 0 aliphatic rings. The number of benzene rings is 2. The summed E-state index contributed by atoms with van der Waals surface area (Å²) in [6, 6.07) is 16.6. The summed E-state index contributed by atoms with van der Waals surface area (Å²) >= 11 is 0. The molecule has 0 saturated carbocycles. The van der Waals surface area contributed by atoms with E-state index in [1.54, 1.807) is 12.1 Å². The molecule has 1 N–H and O–H groups in total. The van der Waals surface area contributed by atoms with Crippen molar-refractivity contribution < 1.29 is 18.3 Å². The molecule has 0 fully saturated rings. The van der Waals surface area contributed by atoms with Gasteiger partial charge in [-0.2, -0.15) is 0 Å². The summed E-state index contributed by atoms with van der Waals surface area (Å²) < 4.78 is 24.0. The van der Waals surface area contributed by atoms with Crippen LogP contribution in [-0.2, 0) is 6.61 Å². The molecule has 3 aromatic rings. The smallest absolute Gasteiger partial charge is 0.291 e. The maximum absolute atomic E-state index is 13.2. The Morgan fingerprint density at radius 1 is 1.09 bits per heavy atom. The zero-order chi connectivity index (χ0) is 16.1. The third kappa shape index (κ3) is 3.77. The van der Waals surface area contributed by atoms with Crippen LogP contribution >= 0.6 is 0 Å². The van der Waals surface area contributed by atoms with Gasteiger partial charge in [-0.3, -0.25) is 4.79 Å². The number of para-hydroxylation sites is 1. The van der Waals surface area contributed by atoms with E-state index < -0.39 is 11.7 Å². The maximum atomic E-state index is 13.2. The Bertz CT molecular complexity index is 799. The van der Waals surface area contributed by atoms with Crippen molar-refractivity contribution in [3.8, 4) is 5.75 Å². The van der Waals surface area contributed by atoms with E-state index >= 15 is 0 Å². The minimum Gasteiger partial charge on any atom is -0.489 e. The quantitative estimate of drug-likeness (QED) is 0.766. The molecule has 1 aromatic heterocycles. The number of halogens is 1. The van der Waals surface area contributed by atoms with Crippen molar-refractivity contribution >= 4 is 11.6 Å². The first-order valence-corrected chi connectivity index (χ1v) is 7.03. The van der Waals surface area contributed by atoms with Gasteiger partial charge in [-0.15, -0.1) is 0 Å². The second kappa shape index (κ2) is 6.79. The van der Waals surface area contributed by atoms with Gasteiger partial charge in [0.05, 0.1) is 6.26 Å². The van der Waals surface area contributed by atoms with Crippen LogP contribution in [0, 0.1) is 5.82 Å². The lowest BCUT2D eigenvalue weighted by Gasteiger charge is -2.07. The molecule has 1 amide bonds. The Balaban J connectivity index is 1.69. The number of hydrogen-bond acceptors (Lipinski definition) is 3. The summed E-state index contributed by atoms with van der Waals surface area (Å²) in [5.74, 6) is -0.0301.